The number of carbonyl (C=O) groups is 2. The molecule has 0 bridgehead atoms. The minimum Gasteiger partial charge on any atom is -0.465 e. The highest BCUT2D eigenvalue weighted by molar-refractivity contribution is 7.15. The molecule has 0 saturated heterocycles. The van der Waals surface area contributed by atoms with Crippen LogP contribution in [0.1, 0.15) is 27.2 Å². The lowest BCUT2D eigenvalue weighted by atomic mass is 10.1. The summed E-state index contributed by atoms with van der Waals surface area (Å²) in [6.07, 6.45) is 3.97. The van der Waals surface area contributed by atoms with Crippen molar-refractivity contribution in [2.24, 2.45) is 0 Å². The van der Waals surface area contributed by atoms with Crippen LogP contribution >= 0.6 is 11.3 Å². The first kappa shape index (κ1) is 19.4. The second-order valence-electron chi connectivity index (χ2n) is 6.45. The molecule has 148 valence electrons. The van der Waals surface area contributed by atoms with Gasteiger partial charge in [-0.25, -0.2) is 9.78 Å². The van der Waals surface area contributed by atoms with E-state index in [1.165, 1.54) is 18.4 Å². The second kappa shape index (κ2) is 8.64. The Morgan fingerprint density at radius 3 is 2.67 bits per heavy atom. The number of amides is 1. The van der Waals surface area contributed by atoms with Crippen LogP contribution in [0.3, 0.4) is 0 Å². The molecule has 1 amide bonds. The fourth-order valence-electron chi connectivity index (χ4n) is 2.89. The van der Waals surface area contributed by atoms with E-state index < -0.39 is 5.97 Å². The lowest BCUT2D eigenvalue weighted by molar-refractivity contribution is -0.115. The second-order valence-corrected chi connectivity index (χ2v) is 7.33. The van der Waals surface area contributed by atoms with Gasteiger partial charge in [-0.15, -0.1) is 11.3 Å². The summed E-state index contributed by atoms with van der Waals surface area (Å²) in [5, 5.41) is 4.83. The van der Waals surface area contributed by atoms with Crippen LogP contribution in [0.5, 0.6) is 0 Å². The predicted octanol–water partition coefficient (Wildman–Crippen LogP) is 3.76. The topological polar surface area (TPSA) is 72.7 Å². The van der Waals surface area contributed by atoms with Crippen LogP contribution < -0.4 is 5.32 Å². The molecule has 0 unspecified atom stereocenters. The van der Waals surface area contributed by atoms with Crippen LogP contribution in [0, 0.1) is 11.8 Å². The van der Waals surface area contributed by atoms with Gasteiger partial charge in [-0.2, -0.15) is 0 Å². The molecule has 2 heterocycles. The Labute approximate surface area is 177 Å². The number of hydrogen-bond acceptors (Lipinski definition) is 5. The van der Waals surface area contributed by atoms with Gasteiger partial charge in [0.25, 0.3) is 0 Å². The third kappa shape index (κ3) is 4.57. The molecule has 0 aliphatic rings. The third-order valence-corrected chi connectivity index (χ3v) is 5.04. The number of hydrogen-bond donors (Lipinski definition) is 1. The highest BCUT2D eigenvalue weighted by Gasteiger charge is 2.09. The molecule has 7 heteroatoms. The van der Waals surface area contributed by atoms with E-state index in [1.54, 1.807) is 24.3 Å². The van der Waals surface area contributed by atoms with Crippen LogP contribution in [0.25, 0.3) is 4.96 Å². The van der Waals surface area contributed by atoms with E-state index in [4.69, 9.17) is 4.74 Å². The highest BCUT2D eigenvalue weighted by Crippen LogP contribution is 2.14. The largest absolute Gasteiger partial charge is 0.465 e. The Kier molecular flexibility index (Phi) is 5.59. The highest BCUT2D eigenvalue weighted by atomic mass is 32.1. The van der Waals surface area contributed by atoms with Crippen molar-refractivity contribution in [1.82, 2.24) is 9.38 Å². The maximum absolute atomic E-state index is 12.4. The fourth-order valence-corrected chi connectivity index (χ4v) is 3.61. The molecule has 30 heavy (non-hydrogen) atoms. The van der Waals surface area contributed by atoms with Crippen LogP contribution in [-0.4, -0.2) is 28.4 Å². The average molecular weight is 415 g/mol. The van der Waals surface area contributed by atoms with E-state index in [-0.39, 0.29) is 12.3 Å². The number of benzene rings is 2. The maximum Gasteiger partial charge on any atom is 0.337 e. The Bertz CT molecular complexity index is 1270. The summed E-state index contributed by atoms with van der Waals surface area (Å²) < 4.78 is 6.63. The summed E-state index contributed by atoms with van der Waals surface area (Å²) in [7, 11) is 1.34. The van der Waals surface area contributed by atoms with E-state index in [0.29, 0.717) is 16.8 Å². The van der Waals surface area contributed by atoms with E-state index in [2.05, 4.69) is 22.1 Å². The molecule has 2 aromatic carbocycles. The summed E-state index contributed by atoms with van der Waals surface area (Å²) in [6.45, 7) is 0. The normalized spacial score (nSPS) is 10.3. The van der Waals surface area contributed by atoms with Crippen LogP contribution in [-0.2, 0) is 16.0 Å². The van der Waals surface area contributed by atoms with Gasteiger partial charge >= 0.3 is 5.97 Å². The van der Waals surface area contributed by atoms with Crippen LogP contribution in [0.15, 0.2) is 66.3 Å². The zero-order valence-corrected chi connectivity index (χ0v) is 16.9. The van der Waals surface area contributed by atoms with Crippen molar-refractivity contribution in [1.29, 1.82) is 0 Å². The number of imidazole rings is 1. The van der Waals surface area contributed by atoms with Crippen molar-refractivity contribution in [2.75, 3.05) is 12.4 Å². The van der Waals surface area contributed by atoms with E-state index >= 15 is 0 Å². The Morgan fingerprint density at radius 2 is 1.90 bits per heavy atom. The van der Waals surface area contributed by atoms with Gasteiger partial charge in [0, 0.05) is 34.6 Å². The number of fused-ring (bicyclic) bond motifs is 1. The Morgan fingerprint density at radius 1 is 1.13 bits per heavy atom. The first-order chi connectivity index (χ1) is 14.6. The molecule has 0 aliphatic carbocycles. The summed E-state index contributed by atoms with van der Waals surface area (Å²) >= 11 is 1.53. The van der Waals surface area contributed by atoms with E-state index in [1.807, 2.05) is 46.4 Å². The minimum atomic E-state index is -0.402. The number of anilines is 1. The number of nitrogens with one attached hydrogen (secondary N) is 1. The van der Waals surface area contributed by atoms with Gasteiger partial charge in [0.15, 0.2) is 4.96 Å². The average Bonchev–Trinajstić information content (AvgIpc) is 3.34. The van der Waals surface area contributed by atoms with Crippen LogP contribution in [0.4, 0.5) is 5.69 Å². The number of methoxy groups -OCH3 is 1. The lowest BCUT2D eigenvalue weighted by Gasteiger charge is -2.04. The quantitative estimate of drug-likeness (QED) is 0.407. The molecule has 4 aromatic rings. The molecule has 0 atom stereocenters. The molecule has 4 rings (SSSR count). The number of aromatic nitrogens is 2. The first-order valence-electron chi connectivity index (χ1n) is 9.12. The zero-order valence-electron chi connectivity index (χ0n) is 16.1. The number of nitrogens with zero attached hydrogens (tertiary/aromatic N) is 2. The van der Waals surface area contributed by atoms with Gasteiger partial charge in [-0.3, -0.25) is 9.20 Å². The third-order valence-electron chi connectivity index (χ3n) is 4.27. The van der Waals surface area contributed by atoms with Crippen molar-refractivity contribution in [3.63, 3.8) is 0 Å². The Balaban J connectivity index is 1.44. The summed E-state index contributed by atoms with van der Waals surface area (Å²) in [5.41, 5.74) is 3.28. The SMILES string of the molecule is COC(=O)c1cccc(C#Cc2cccc(NC(=O)Cc3cn4ccsc4n3)c2)c1. The molecule has 6 nitrogen and oxygen atoms in total. The van der Waals surface area contributed by atoms with Crippen molar-refractivity contribution < 1.29 is 14.3 Å². The molecule has 0 saturated carbocycles. The first-order valence-corrected chi connectivity index (χ1v) is 10.00. The molecular formula is C23H17N3O3S. The molecule has 2 aromatic heterocycles. The summed E-state index contributed by atoms with van der Waals surface area (Å²) in [5.74, 6) is 5.54. The van der Waals surface area contributed by atoms with Crippen molar-refractivity contribution >= 4 is 33.9 Å². The summed E-state index contributed by atoms with van der Waals surface area (Å²) in [4.78, 5) is 29.3. The van der Waals surface area contributed by atoms with E-state index in [0.717, 1.165) is 16.2 Å². The molecule has 0 spiro atoms. The lowest BCUT2D eigenvalue weighted by Crippen LogP contribution is -2.14. The van der Waals surface area contributed by atoms with Gasteiger partial charge in [0.05, 0.1) is 24.8 Å². The fraction of sp³-hybridized carbons (Fsp3) is 0.0870. The number of ether oxygens (including phenoxy) is 1. The summed E-state index contributed by atoms with van der Waals surface area (Å²) in [6, 6.07) is 14.2. The number of rotatable bonds is 4. The molecular weight excluding hydrogens is 398 g/mol. The van der Waals surface area contributed by atoms with Crippen LogP contribution in [0.2, 0.25) is 0 Å². The predicted molar refractivity (Wildman–Crippen MR) is 116 cm³/mol. The molecule has 0 fully saturated rings. The van der Waals surface area contributed by atoms with Gasteiger partial charge in [0.2, 0.25) is 5.91 Å². The van der Waals surface area contributed by atoms with Gasteiger partial charge in [-0.05, 0) is 36.4 Å². The standard InChI is InChI=1S/C23H17N3O3S/c1-29-22(28)18-6-2-4-16(12-18)8-9-17-5-3-7-19(13-17)24-21(27)14-20-15-26-10-11-30-23(26)25-20/h2-7,10-13,15H,14H2,1H3,(H,24,27). The molecule has 1 N–H and O–H groups in total. The van der Waals surface area contributed by atoms with Gasteiger partial charge in [0.1, 0.15) is 0 Å². The molecule has 0 radical (unpaired) electrons. The number of esters is 1. The van der Waals surface area contributed by atoms with Crippen molar-refractivity contribution in [3.05, 3.63) is 88.7 Å². The van der Waals surface area contributed by atoms with Crippen molar-refractivity contribution in [2.45, 2.75) is 6.42 Å². The zero-order chi connectivity index (χ0) is 20.9. The minimum absolute atomic E-state index is 0.142. The van der Waals surface area contributed by atoms with Gasteiger partial charge in [-0.1, -0.05) is 24.0 Å². The van der Waals surface area contributed by atoms with Gasteiger partial charge < -0.3 is 10.1 Å². The maximum atomic E-state index is 12.4. The number of carbonyl (C=O) groups excluding carboxylic acids is 2. The van der Waals surface area contributed by atoms with E-state index in [9.17, 15) is 9.59 Å². The molecule has 0 aliphatic heterocycles. The van der Waals surface area contributed by atoms with Crippen molar-refractivity contribution in [3.8, 4) is 11.8 Å². The number of thiazole rings is 1. The smallest absolute Gasteiger partial charge is 0.337 e. The monoisotopic (exact) mass is 415 g/mol. The Hall–Kier alpha value is -3.89.